The molecule has 0 spiro atoms. The van der Waals surface area contributed by atoms with Gasteiger partial charge in [-0.1, -0.05) is 36.4 Å². The molecule has 3 nitrogen and oxygen atoms in total. The molecule has 2 aromatic carbocycles. The normalized spacial score (nSPS) is 12.1. The molecule has 2 rings (SSSR count). The Morgan fingerprint density at radius 3 is 2.38 bits per heavy atom. The van der Waals surface area contributed by atoms with Crippen molar-refractivity contribution in [1.29, 1.82) is 4.29 Å². The Morgan fingerprint density at radius 2 is 1.69 bits per heavy atom. The molecular weight excluding hydrogens is 204 g/mol. The van der Waals surface area contributed by atoms with Crippen molar-refractivity contribution in [2.24, 2.45) is 0 Å². The highest BCUT2D eigenvalue weighted by Gasteiger charge is 2.10. The fourth-order valence-corrected chi connectivity index (χ4v) is 1.54. The number of hydrogen-bond donors (Lipinski definition) is 3. The van der Waals surface area contributed by atoms with Crippen molar-refractivity contribution < 1.29 is 15.3 Å². The highest BCUT2D eigenvalue weighted by atomic mass is 16.3. The van der Waals surface area contributed by atoms with Crippen LogP contribution >= 0.6 is 0 Å². The summed E-state index contributed by atoms with van der Waals surface area (Å²) in [5, 5.41) is 13.2. The average Bonchev–Trinajstić information content (AvgIpc) is 2.47. The van der Waals surface area contributed by atoms with Gasteiger partial charge in [-0.05, 0) is 11.6 Å². The lowest BCUT2D eigenvalue weighted by atomic mass is 10.0. The van der Waals surface area contributed by atoms with Gasteiger partial charge in [-0.3, -0.25) is 0 Å². The van der Waals surface area contributed by atoms with Crippen LogP contribution in [-0.2, 0) is 6.42 Å². The highest BCUT2D eigenvalue weighted by Crippen LogP contribution is 2.37. The van der Waals surface area contributed by atoms with Crippen LogP contribution in [0, 0.1) is 0 Å². The molecule has 3 N–H and O–H groups in total. The Kier molecular flexibility index (Phi) is 1.86. The molecular formula is C13H12O3. The number of benzene rings is 2. The van der Waals surface area contributed by atoms with E-state index in [-0.39, 0.29) is 17.2 Å². The summed E-state index contributed by atoms with van der Waals surface area (Å²) in [4.78, 5) is 0. The quantitative estimate of drug-likeness (QED) is 0.677. The van der Waals surface area contributed by atoms with Gasteiger partial charge in [-0.25, -0.2) is 0 Å². The van der Waals surface area contributed by atoms with Gasteiger partial charge in [0.2, 0.25) is 5.75 Å². The molecule has 0 bridgehead atoms. The van der Waals surface area contributed by atoms with E-state index >= 15 is 0 Å². The molecule has 0 heterocycles. The first-order valence-electron chi connectivity index (χ1n) is 6.12. The summed E-state index contributed by atoms with van der Waals surface area (Å²) in [6.45, 7) is 0. The molecule has 0 saturated carbocycles. The predicted molar refractivity (Wildman–Crippen MR) is 60.7 cm³/mol. The second-order valence-corrected chi connectivity index (χ2v) is 3.54. The van der Waals surface area contributed by atoms with E-state index < -0.39 is 0 Å². The van der Waals surface area contributed by atoms with Crippen LogP contribution in [0.15, 0.2) is 42.5 Å². The molecule has 3 heteroatoms. The van der Waals surface area contributed by atoms with E-state index in [9.17, 15) is 0 Å². The molecule has 0 aliphatic rings. The van der Waals surface area contributed by atoms with Crippen molar-refractivity contribution in [3.05, 3.63) is 53.6 Å². The SMILES string of the molecule is [2H]Oc1ccc(Cc2ccccc2)c(O[2H])c1O[2H]. The zero-order chi connectivity index (χ0) is 13.7. The summed E-state index contributed by atoms with van der Waals surface area (Å²) in [5.74, 6) is 0.0519. The van der Waals surface area contributed by atoms with Crippen LogP contribution in [0.5, 0.6) is 17.2 Å². The molecule has 0 amide bonds. The number of hydrogen-bond acceptors (Lipinski definition) is 3. The lowest BCUT2D eigenvalue weighted by molar-refractivity contribution is 0.365. The minimum absolute atomic E-state index is 0.0362. The van der Waals surface area contributed by atoms with Crippen molar-refractivity contribution in [2.45, 2.75) is 6.42 Å². The summed E-state index contributed by atoms with van der Waals surface area (Å²) < 4.78 is 20.9. The van der Waals surface area contributed by atoms with Crippen molar-refractivity contribution in [3.63, 3.8) is 0 Å². The van der Waals surface area contributed by atoms with Gasteiger partial charge in [0, 0.05) is 12.0 Å². The summed E-state index contributed by atoms with van der Waals surface area (Å²) in [7, 11) is 0. The average molecular weight is 219 g/mol. The van der Waals surface area contributed by atoms with Crippen molar-refractivity contribution in [1.82, 2.24) is 0 Å². The monoisotopic (exact) mass is 219 g/mol. The zero-order valence-electron chi connectivity index (χ0n) is 11.5. The van der Waals surface area contributed by atoms with Crippen LogP contribution in [0.25, 0.3) is 0 Å². The number of aromatic hydroxyl groups is 3. The molecule has 0 aliphatic heterocycles. The second-order valence-electron chi connectivity index (χ2n) is 3.54. The minimum atomic E-state index is -0.0709. The third kappa shape index (κ3) is 1.93. The van der Waals surface area contributed by atoms with Gasteiger partial charge in [0.1, 0.15) is 0 Å². The molecule has 0 fully saturated rings. The van der Waals surface area contributed by atoms with Crippen molar-refractivity contribution in [2.75, 3.05) is 0 Å². The molecule has 0 saturated heterocycles. The number of rotatable bonds is 5. The molecule has 2 aromatic rings. The largest absolute Gasteiger partial charge is 0.504 e. The predicted octanol–water partition coefficient (Wildman–Crippen LogP) is 2.39. The standard InChI is InChI=1S/C13H12O3/c14-11-7-6-10(12(15)13(11)16)8-9-4-2-1-3-5-9/h1-7,14-16H,8H2/i/hD3. The third-order valence-corrected chi connectivity index (χ3v) is 2.39. The van der Waals surface area contributed by atoms with E-state index in [2.05, 4.69) is 15.3 Å². The van der Waals surface area contributed by atoms with Crippen LogP contribution in [0.3, 0.4) is 0 Å². The van der Waals surface area contributed by atoms with Gasteiger partial charge in [0.15, 0.2) is 11.5 Å². The van der Waals surface area contributed by atoms with Gasteiger partial charge in [0.25, 0.3) is 4.29 Å². The Labute approximate surface area is 97.7 Å². The van der Waals surface area contributed by atoms with Crippen molar-refractivity contribution in [3.8, 4) is 17.2 Å². The fraction of sp³-hybridized carbons (Fsp3) is 0.0769. The van der Waals surface area contributed by atoms with Crippen LogP contribution < -0.4 is 0 Å². The van der Waals surface area contributed by atoms with E-state index in [0.717, 1.165) is 5.56 Å². The van der Waals surface area contributed by atoms with Gasteiger partial charge in [0.05, 0.1) is 0 Å². The maximum atomic E-state index is 7.09. The second kappa shape index (κ2) is 4.14. The third-order valence-electron chi connectivity index (χ3n) is 2.39. The summed E-state index contributed by atoms with van der Waals surface area (Å²) in [6, 6.07) is 12.8. The van der Waals surface area contributed by atoms with Crippen LogP contribution in [0.4, 0.5) is 0 Å². The zero-order valence-corrected chi connectivity index (χ0v) is 8.47. The first-order valence-corrected chi connectivity index (χ1v) is 4.89. The van der Waals surface area contributed by atoms with E-state index in [1.807, 2.05) is 30.3 Å². The first kappa shape index (κ1) is 7.17. The van der Waals surface area contributed by atoms with Crippen LogP contribution in [-0.4, -0.2) is 19.6 Å². The maximum Gasteiger partial charge on any atom is 0.293 e. The molecule has 0 radical (unpaired) electrons. The summed E-state index contributed by atoms with van der Waals surface area (Å²) in [5.41, 5.74) is 1.72. The van der Waals surface area contributed by atoms with Crippen LogP contribution in [0.2, 0.25) is 0 Å². The molecule has 0 atom stereocenters. The smallest absolute Gasteiger partial charge is 0.293 e. The van der Waals surface area contributed by atoms with Crippen molar-refractivity contribution >= 4 is 0 Å². The van der Waals surface area contributed by atoms with Gasteiger partial charge >= 0.3 is 0 Å². The Balaban J connectivity index is 2.40. The number of phenolic OH excluding ortho intramolecular Hbond substituents is 3. The van der Waals surface area contributed by atoms with E-state index in [1.165, 1.54) is 6.07 Å². The molecule has 82 valence electrons. The molecule has 0 aromatic heterocycles. The van der Waals surface area contributed by atoms with Gasteiger partial charge in [-0.15, -0.1) is 0 Å². The Morgan fingerprint density at radius 1 is 0.875 bits per heavy atom. The van der Waals surface area contributed by atoms with Crippen LogP contribution in [0.1, 0.15) is 11.1 Å². The lowest BCUT2D eigenvalue weighted by Crippen LogP contribution is -1.88. The van der Waals surface area contributed by atoms with E-state index in [1.54, 1.807) is 6.07 Å². The summed E-state index contributed by atoms with van der Waals surface area (Å²) in [6.07, 6.45) is 0.531. The highest BCUT2D eigenvalue weighted by molar-refractivity contribution is 5.54. The van der Waals surface area contributed by atoms with Gasteiger partial charge in [-0.2, -0.15) is 0 Å². The minimum Gasteiger partial charge on any atom is -0.504 e. The van der Waals surface area contributed by atoms with E-state index in [4.69, 9.17) is 4.29 Å². The molecule has 16 heavy (non-hydrogen) atoms. The molecule has 0 aliphatic carbocycles. The topological polar surface area (TPSA) is 60.7 Å². The Bertz CT molecular complexity index is 546. The fourth-order valence-electron chi connectivity index (χ4n) is 1.54. The summed E-state index contributed by atoms with van der Waals surface area (Å²) >= 11 is 0. The van der Waals surface area contributed by atoms with E-state index in [0.29, 0.717) is 12.0 Å². The first-order chi connectivity index (χ1) is 9.30. The maximum absolute atomic E-state index is 7.09. The lowest BCUT2D eigenvalue weighted by Gasteiger charge is -2.07. The Hall–Kier alpha value is -2.16. The van der Waals surface area contributed by atoms with Gasteiger partial charge < -0.3 is 15.3 Å². The molecule has 0 unspecified atom stereocenters. The number of phenols is 3.